The van der Waals surface area contributed by atoms with Crippen molar-refractivity contribution in [2.75, 3.05) is 26.2 Å². The summed E-state index contributed by atoms with van der Waals surface area (Å²) in [5.41, 5.74) is 6.77. The number of halogens is 1. The molecule has 0 amide bonds. The summed E-state index contributed by atoms with van der Waals surface area (Å²) >= 11 is 3.59. The lowest BCUT2D eigenvalue weighted by Crippen LogP contribution is -2.45. The summed E-state index contributed by atoms with van der Waals surface area (Å²) in [4.78, 5) is 2.61. The van der Waals surface area contributed by atoms with Crippen molar-refractivity contribution in [2.45, 2.75) is 6.04 Å². The molecule has 0 aromatic heterocycles. The molecule has 0 N–H and O–H groups in total. The number of piperazine rings is 1. The number of benzene rings is 3. The maximum absolute atomic E-state index is 4.72. The van der Waals surface area contributed by atoms with Crippen LogP contribution < -0.4 is 0 Å². The molecule has 0 spiro atoms. The Morgan fingerprint density at radius 3 is 1.96 bits per heavy atom. The molecule has 5 rings (SSSR count). The zero-order valence-electron chi connectivity index (χ0n) is 15.6. The summed E-state index contributed by atoms with van der Waals surface area (Å²) in [5, 5.41) is 6.90. The highest BCUT2D eigenvalue weighted by molar-refractivity contribution is 9.10. The van der Waals surface area contributed by atoms with Gasteiger partial charge < -0.3 is 0 Å². The topological polar surface area (TPSA) is 18.8 Å². The lowest BCUT2D eigenvalue weighted by atomic mass is 10.0. The van der Waals surface area contributed by atoms with E-state index >= 15 is 0 Å². The molecule has 0 atom stereocenters. The fraction of sp³-hybridized carbons (Fsp3) is 0.208. The van der Waals surface area contributed by atoms with Gasteiger partial charge in [0.25, 0.3) is 0 Å². The molecule has 4 heteroatoms. The van der Waals surface area contributed by atoms with Crippen molar-refractivity contribution < 1.29 is 0 Å². The van der Waals surface area contributed by atoms with E-state index in [1.54, 1.807) is 0 Å². The molecule has 0 saturated carbocycles. The van der Waals surface area contributed by atoms with Crippen molar-refractivity contribution >= 4 is 22.1 Å². The summed E-state index contributed by atoms with van der Waals surface area (Å²) in [6.45, 7) is 3.92. The Balaban J connectivity index is 1.33. The Morgan fingerprint density at radius 1 is 0.750 bits per heavy atom. The van der Waals surface area contributed by atoms with Gasteiger partial charge in [0.1, 0.15) is 0 Å². The SMILES string of the molecule is Brc1ccccc1/C=N/N1CCN(C2c3ccccc3-c3ccccc32)CC1. The van der Waals surface area contributed by atoms with Crippen molar-refractivity contribution in [2.24, 2.45) is 5.10 Å². The van der Waals surface area contributed by atoms with E-state index in [-0.39, 0.29) is 0 Å². The zero-order chi connectivity index (χ0) is 18.9. The predicted molar refractivity (Wildman–Crippen MR) is 119 cm³/mol. The van der Waals surface area contributed by atoms with Gasteiger partial charge in [0.2, 0.25) is 0 Å². The summed E-state index contributed by atoms with van der Waals surface area (Å²) in [5.74, 6) is 0. The van der Waals surface area contributed by atoms with E-state index in [9.17, 15) is 0 Å². The average Bonchev–Trinajstić information content (AvgIpc) is 3.08. The number of fused-ring (bicyclic) bond motifs is 3. The van der Waals surface area contributed by atoms with Crippen LogP contribution in [0.1, 0.15) is 22.7 Å². The normalized spacial score (nSPS) is 17.1. The number of hydrogen-bond acceptors (Lipinski definition) is 3. The third-order valence-electron chi connectivity index (χ3n) is 5.72. The van der Waals surface area contributed by atoms with Crippen LogP contribution in [0.4, 0.5) is 0 Å². The number of nitrogens with zero attached hydrogens (tertiary/aromatic N) is 3. The first-order chi connectivity index (χ1) is 13.8. The quantitative estimate of drug-likeness (QED) is 0.532. The monoisotopic (exact) mass is 431 g/mol. The van der Waals surface area contributed by atoms with Gasteiger partial charge >= 0.3 is 0 Å². The highest BCUT2D eigenvalue weighted by atomic mass is 79.9. The second kappa shape index (κ2) is 7.53. The van der Waals surface area contributed by atoms with Crippen LogP contribution in [0.15, 0.2) is 82.4 Å². The Morgan fingerprint density at radius 2 is 1.32 bits per heavy atom. The summed E-state index contributed by atoms with van der Waals surface area (Å²) in [6.07, 6.45) is 1.96. The maximum atomic E-state index is 4.72. The van der Waals surface area contributed by atoms with Crippen molar-refractivity contribution in [3.8, 4) is 11.1 Å². The predicted octanol–water partition coefficient (Wildman–Crippen LogP) is 5.17. The molecular weight excluding hydrogens is 410 g/mol. The van der Waals surface area contributed by atoms with Crippen molar-refractivity contribution in [3.05, 3.63) is 94.0 Å². The molecule has 28 heavy (non-hydrogen) atoms. The van der Waals surface area contributed by atoms with Crippen molar-refractivity contribution in [1.82, 2.24) is 9.91 Å². The lowest BCUT2D eigenvalue weighted by molar-refractivity contribution is 0.114. The van der Waals surface area contributed by atoms with Crippen LogP contribution >= 0.6 is 15.9 Å². The molecule has 1 fully saturated rings. The number of rotatable bonds is 3. The Kier molecular flexibility index (Phi) is 4.75. The molecule has 0 unspecified atom stereocenters. The van der Waals surface area contributed by atoms with Gasteiger partial charge in [-0.15, -0.1) is 0 Å². The van der Waals surface area contributed by atoms with E-state index in [4.69, 9.17) is 5.10 Å². The van der Waals surface area contributed by atoms with Crippen molar-refractivity contribution in [3.63, 3.8) is 0 Å². The van der Waals surface area contributed by atoms with Gasteiger partial charge in [-0.1, -0.05) is 82.7 Å². The summed E-state index contributed by atoms with van der Waals surface area (Å²) < 4.78 is 1.08. The van der Waals surface area contributed by atoms with Gasteiger partial charge in [-0.25, -0.2) is 0 Å². The molecule has 3 nitrogen and oxygen atoms in total. The molecular formula is C24H22BrN3. The molecule has 1 aliphatic carbocycles. The fourth-order valence-corrected chi connectivity index (χ4v) is 4.72. The minimum atomic E-state index is 0.363. The molecule has 1 heterocycles. The van der Waals surface area contributed by atoms with Crippen LogP contribution in [0.25, 0.3) is 11.1 Å². The summed E-state index contributed by atoms with van der Waals surface area (Å²) in [6, 6.07) is 26.3. The van der Waals surface area contributed by atoms with E-state index < -0.39 is 0 Å². The standard InChI is InChI=1S/C24H22BrN3/c25-23-12-6-1-7-18(23)17-26-28-15-13-27(14-16-28)24-21-10-4-2-8-19(21)20-9-3-5-11-22(20)24/h1-12,17,24H,13-16H2/b26-17+. The number of hydrazone groups is 1. The van der Waals surface area contributed by atoms with E-state index in [1.165, 1.54) is 22.3 Å². The van der Waals surface area contributed by atoms with Crippen LogP contribution in [-0.4, -0.2) is 42.3 Å². The van der Waals surface area contributed by atoms with Crippen LogP contribution in [0, 0.1) is 0 Å². The Bertz CT molecular complexity index is 976. The second-order valence-corrected chi connectivity index (χ2v) is 8.19. The minimum Gasteiger partial charge on any atom is -0.294 e. The largest absolute Gasteiger partial charge is 0.294 e. The third-order valence-corrected chi connectivity index (χ3v) is 6.44. The van der Waals surface area contributed by atoms with Crippen LogP contribution in [0.3, 0.4) is 0 Å². The molecule has 0 radical (unpaired) electrons. The average molecular weight is 432 g/mol. The Hall–Kier alpha value is -2.43. The summed E-state index contributed by atoms with van der Waals surface area (Å²) in [7, 11) is 0. The van der Waals surface area contributed by atoms with Gasteiger partial charge in [-0.2, -0.15) is 5.10 Å². The van der Waals surface area contributed by atoms with Gasteiger partial charge in [0.05, 0.1) is 12.3 Å². The van der Waals surface area contributed by atoms with Crippen molar-refractivity contribution in [1.29, 1.82) is 0 Å². The van der Waals surface area contributed by atoms with E-state index in [2.05, 4.69) is 80.4 Å². The van der Waals surface area contributed by atoms with Crippen LogP contribution in [-0.2, 0) is 0 Å². The maximum Gasteiger partial charge on any atom is 0.0615 e. The molecule has 3 aromatic carbocycles. The third kappa shape index (κ3) is 3.17. The highest BCUT2D eigenvalue weighted by Gasteiger charge is 2.33. The highest BCUT2D eigenvalue weighted by Crippen LogP contribution is 2.46. The molecule has 1 saturated heterocycles. The smallest absolute Gasteiger partial charge is 0.0615 e. The molecule has 2 aliphatic rings. The minimum absolute atomic E-state index is 0.363. The van der Waals surface area contributed by atoms with E-state index in [0.717, 1.165) is 36.2 Å². The van der Waals surface area contributed by atoms with Gasteiger partial charge in [0, 0.05) is 36.2 Å². The molecule has 3 aromatic rings. The van der Waals surface area contributed by atoms with Crippen LogP contribution in [0.5, 0.6) is 0 Å². The van der Waals surface area contributed by atoms with Gasteiger partial charge in [-0.05, 0) is 28.3 Å². The lowest BCUT2D eigenvalue weighted by Gasteiger charge is -2.37. The molecule has 0 bridgehead atoms. The Labute approximate surface area is 174 Å². The first-order valence-electron chi connectivity index (χ1n) is 9.77. The first-order valence-corrected chi connectivity index (χ1v) is 10.6. The van der Waals surface area contributed by atoms with E-state index in [1.807, 2.05) is 24.4 Å². The molecule has 140 valence electrons. The van der Waals surface area contributed by atoms with E-state index in [0.29, 0.717) is 6.04 Å². The van der Waals surface area contributed by atoms with Crippen LogP contribution in [0.2, 0.25) is 0 Å². The molecule has 1 aliphatic heterocycles. The van der Waals surface area contributed by atoms with Gasteiger partial charge in [-0.3, -0.25) is 9.91 Å². The number of hydrogen-bond donors (Lipinski definition) is 0. The second-order valence-electron chi connectivity index (χ2n) is 7.33. The zero-order valence-corrected chi connectivity index (χ0v) is 17.2. The first kappa shape index (κ1) is 17.7. The van der Waals surface area contributed by atoms with Gasteiger partial charge in [0.15, 0.2) is 0 Å². The fourth-order valence-electron chi connectivity index (χ4n) is 4.33.